The van der Waals surface area contributed by atoms with Gasteiger partial charge in [-0.3, -0.25) is 0 Å². The van der Waals surface area contributed by atoms with Gasteiger partial charge in [0.15, 0.2) is 12.3 Å². The summed E-state index contributed by atoms with van der Waals surface area (Å²) < 4.78 is 14.1. The van der Waals surface area contributed by atoms with Gasteiger partial charge >= 0.3 is 0 Å². The molecule has 0 bridgehead atoms. The predicted octanol–water partition coefficient (Wildman–Crippen LogP) is 0.663. The van der Waals surface area contributed by atoms with Gasteiger partial charge in [-0.25, -0.2) is 0 Å². The van der Waals surface area contributed by atoms with E-state index in [-0.39, 0.29) is 34.0 Å². The van der Waals surface area contributed by atoms with Crippen molar-refractivity contribution in [2.24, 2.45) is 0 Å². The van der Waals surface area contributed by atoms with Crippen LogP contribution in [0.1, 0.15) is 0 Å². The van der Waals surface area contributed by atoms with Crippen molar-refractivity contribution in [1.82, 2.24) is 0 Å². The minimum atomic E-state index is -0.250. The van der Waals surface area contributed by atoms with E-state index in [1.165, 1.54) is 0 Å². The normalized spacial score (nSPS) is 4.50. The summed E-state index contributed by atoms with van der Waals surface area (Å²) in [6.45, 7) is 0. The molecule has 0 saturated carbocycles. The molecule has 0 spiro atoms. The summed E-state index contributed by atoms with van der Waals surface area (Å²) in [6, 6.07) is 0. The van der Waals surface area contributed by atoms with Crippen molar-refractivity contribution < 1.29 is 30.8 Å². The minimum Gasteiger partial charge on any atom is -0.307 e. The van der Waals surface area contributed by atoms with Gasteiger partial charge < -0.3 is 9.11 Å². The second-order valence-corrected chi connectivity index (χ2v) is 0.245. The molecule has 2 N–H and O–H groups in total. The van der Waals surface area contributed by atoms with E-state index in [0.717, 1.165) is 0 Å². The molecule has 24 valence electrons. The van der Waals surface area contributed by atoms with Crippen LogP contribution in [0.15, 0.2) is 0 Å². The van der Waals surface area contributed by atoms with Gasteiger partial charge in [0.25, 0.3) is 0 Å². The average Bonchev–Trinajstić information content (AvgIpc) is 0.918. The third-order valence-corrected chi connectivity index (χ3v) is 0. The zero-order valence-corrected chi connectivity index (χ0v) is 4.18. The van der Waals surface area contributed by atoms with Crippen LogP contribution in [0.3, 0.4) is 0 Å². The molecule has 0 heterocycles. The molecule has 0 amide bonds. The molecule has 2 nitrogen and oxygen atoms in total. The van der Waals surface area contributed by atoms with Crippen LogP contribution < -0.4 is 0 Å². The Bertz CT molecular complexity index is 6.00. The molecule has 0 aromatic heterocycles. The Hall–Kier alpha value is 0.984. The molecule has 0 fully saturated rings. The Morgan fingerprint density at radius 1 is 1.25 bits per heavy atom. The Labute approximate surface area is 43.5 Å². The SMILES string of the molecule is OSO.[Ti]. The maximum Gasteiger partial charge on any atom is 0.152 e. The number of hydrogen-bond acceptors (Lipinski definition) is 3. The monoisotopic (exact) mass is 114 g/mol. The Kier molecular flexibility index (Phi) is 20.0. The third kappa shape index (κ3) is 12.1. The van der Waals surface area contributed by atoms with Crippen molar-refractivity contribution in [3.8, 4) is 0 Å². The van der Waals surface area contributed by atoms with Crippen LogP contribution in [0.25, 0.3) is 0 Å². The van der Waals surface area contributed by atoms with Gasteiger partial charge in [-0.05, 0) is 0 Å². The molecule has 0 atom stereocenters. The first-order valence-corrected chi connectivity index (χ1v) is 1.10. The predicted molar refractivity (Wildman–Crippen MR) is 12.8 cm³/mol. The van der Waals surface area contributed by atoms with Crippen LogP contribution in [-0.2, 0) is 21.7 Å². The van der Waals surface area contributed by atoms with E-state index in [9.17, 15) is 0 Å². The van der Waals surface area contributed by atoms with Crippen molar-refractivity contribution >= 4 is 12.3 Å². The first-order chi connectivity index (χ1) is 1.41. The van der Waals surface area contributed by atoms with Crippen LogP contribution in [0.4, 0.5) is 0 Å². The summed E-state index contributed by atoms with van der Waals surface area (Å²) >= 11 is -0.250. The number of rotatable bonds is 0. The molecular weight excluding hydrogens is 112 g/mol. The zero-order chi connectivity index (χ0) is 2.71. The van der Waals surface area contributed by atoms with Gasteiger partial charge in [0.05, 0.1) is 0 Å². The maximum atomic E-state index is 7.04. The number of hydrogen-bond donors (Lipinski definition) is 2. The largest absolute Gasteiger partial charge is 0.307 e. The van der Waals surface area contributed by atoms with Crippen molar-refractivity contribution in [2.45, 2.75) is 0 Å². The molecule has 4 heteroatoms. The molecule has 0 rings (SSSR count). The summed E-state index contributed by atoms with van der Waals surface area (Å²) in [7, 11) is 0. The molecule has 0 saturated heterocycles. The molecule has 0 aliphatic carbocycles. The second kappa shape index (κ2) is 9.01. The fourth-order valence-corrected chi connectivity index (χ4v) is 0. The van der Waals surface area contributed by atoms with Gasteiger partial charge in [0, 0.05) is 21.7 Å². The first kappa shape index (κ1) is 8.88. The van der Waals surface area contributed by atoms with E-state index in [1.54, 1.807) is 0 Å². The molecule has 0 aromatic rings. The van der Waals surface area contributed by atoms with Gasteiger partial charge in [-0.1, -0.05) is 0 Å². The van der Waals surface area contributed by atoms with E-state index in [4.69, 9.17) is 9.11 Å². The summed E-state index contributed by atoms with van der Waals surface area (Å²) in [5.41, 5.74) is 0. The minimum absolute atomic E-state index is 0. The van der Waals surface area contributed by atoms with E-state index in [1.807, 2.05) is 0 Å². The van der Waals surface area contributed by atoms with Crippen molar-refractivity contribution in [3.63, 3.8) is 0 Å². The summed E-state index contributed by atoms with van der Waals surface area (Å²) in [6.07, 6.45) is 0. The smallest absolute Gasteiger partial charge is 0.152 e. The van der Waals surface area contributed by atoms with Gasteiger partial charge in [-0.2, -0.15) is 0 Å². The Balaban J connectivity index is 0. The molecule has 0 aromatic carbocycles. The zero-order valence-electron chi connectivity index (χ0n) is 1.80. The fourth-order valence-electron chi connectivity index (χ4n) is 0. The van der Waals surface area contributed by atoms with Gasteiger partial charge in [0.2, 0.25) is 0 Å². The van der Waals surface area contributed by atoms with E-state index in [2.05, 4.69) is 0 Å². The molecule has 4 heavy (non-hydrogen) atoms. The van der Waals surface area contributed by atoms with Crippen LogP contribution in [0.2, 0.25) is 0 Å². The topological polar surface area (TPSA) is 40.5 Å². The van der Waals surface area contributed by atoms with E-state index in [0.29, 0.717) is 0 Å². The first-order valence-electron chi connectivity index (χ1n) is 0.365. The van der Waals surface area contributed by atoms with Gasteiger partial charge in [0.1, 0.15) is 0 Å². The summed E-state index contributed by atoms with van der Waals surface area (Å²) in [4.78, 5) is 0. The van der Waals surface area contributed by atoms with Crippen LogP contribution >= 0.6 is 12.3 Å². The maximum absolute atomic E-state index is 7.04. The Morgan fingerprint density at radius 2 is 1.25 bits per heavy atom. The third-order valence-electron chi connectivity index (χ3n) is 0. The Morgan fingerprint density at radius 3 is 1.25 bits per heavy atom. The van der Waals surface area contributed by atoms with Crippen LogP contribution in [0, 0.1) is 0 Å². The van der Waals surface area contributed by atoms with Gasteiger partial charge in [-0.15, -0.1) is 0 Å². The summed E-state index contributed by atoms with van der Waals surface area (Å²) in [5, 5.41) is 0. The molecule has 0 radical (unpaired) electrons. The molecule has 0 aliphatic rings. The molecule has 0 aliphatic heterocycles. The standard InChI is InChI=1S/H2O2S.Ti/c1-3-2;/h1-2H;. The quantitative estimate of drug-likeness (QED) is 0.359. The summed E-state index contributed by atoms with van der Waals surface area (Å²) in [5.74, 6) is 0. The van der Waals surface area contributed by atoms with Crippen molar-refractivity contribution in [1.29, 1.82) is 0 Å². The fraction of sp³-hybridized carbons (Fsp3) is 0. The van der Waals surface area contributed by atoms with Crippen LogP contribution in [-0.4, -0.2) is 9.11 Å². The second-order valence-electron chi connectivity index (χ2n) is 0.0816. The molecular formula is H2O2STi. The van der Waals surface area contributed by atoms with E-state index >= 15 is 0 Å². The average molecular weight is 114 g/mol. The van der Waals surface area contributed by atoms with Crippen molar-refractivity contribution in [2.75, 3.05) is 0 Å². The van der Waals surface area contributed by atoms with E-state index < -0.39 is 0 Å². The van der Waals surface area contributed by atoms with Crippen molar-refractivity contribution in [3.05, 3.63) is 0 Å². The molecule has 0 unspecified atom stereocenters. The van der Waals surface area contributed by atoms with Crippen LogP contribution in [0.5, 0.6) is 0 Å².